The summed E-state index contributed by atoms with van der Waals surface area (Å²) < 4.78 is 5.16. The van der Waals surface area contributed by atoms with Crippen LogP contribution in [0.15, 0.2) is 48.5 Å². The first-order valence-electron chi connectivity index (χ1n) is 6.93. The minimum absolute atomic E-state index is 0.543. The maximum absolute atomic E-state index is 9.54. The summed E-state index contributed by atoms with van der Waals surface area (Å²) in [6, 6.07) is 17.6. The lowest BCUT2D eigenvalue weighted by Gasteiger charge is -2.05. The normalized spacial score (nSPS) is 11.9. The fourth-order valence-corrected chi connectivity index (χ4v) is 2.37. The van der Waals surface area contributed by atoms with E-state index in [1.807, 2.05) is 55.5 Å². The van der Waals surface area contributed by atoms with Crippen LogP contribution in [0.25, 0.3) is 22.2 Å². The molecular formula is C18H15N3O. The fourth-order valence-electron chi connectivity index (χ4n) is 2.37. The van der Waals surface area contributed by atoms with Crippen molar-refractivity contribution < 1.29 is 4.74 Å². The first-order chi connectivity index (χ1) is 10.7. The number of nitrogens with zero attached hydrogens (tertiary/aromatic N) is 2. The number of allylic oxidation sites excluding steroid dienone is 2. The van der Waals surface area contributed by atoms with Crippen LogP contribution in [0.2, 0.25) is 0 Å². The lowest BCUT2D eigenvalue weighted by atomic mass is 10.0. The van der Waals surface area contributed by atoms with Gasteiger partial charge in [0.2, 0.25) is 0 Å². The number of nitriles is 1. The summed E-state index contributed by atoms with van der Waals surface area (Å²) in [5.41, 5.74) is 4.17. The second kappa shape index (κ2) is 5.74. The second-order valence-electron chi connectivity index (χ2n) is 4.94. The predicted molar refractivity (Wildman–Crippen MR) is 87.2 cm³/mol. The number of para-hydroxylation sites is 2. The second-order valence-corrected chi connectivity index (χ2v) is 4.94. The topological polar surface area (TPSA) is 61.7 Å². The molecule has 0 atom stereocenters. The number of fused-ring (bicyclic) bond motifs is 1. The van der Waals surface area contributed by atoms with Crippen LogP contribution in [0.5, 0.6) is 5.75 Å². The van der Waals surface area contributed by atoms with Crippen molar-refractivity contribution in [1.82, 2.24) is 9.97 Å². The van der Waals surface area contributed by atoms with Gasteiger partial charge in [0.25, 0.3) is 0 Å². The van der Waals surface area contributed by atoms with Gasteiger partial charge in [0.15, 0.2) is 0 Å². The quantitative estimate of drug-likeness (QED) is 0.740. The Hall–Kier alpha value is -3.06. The summed E-state index contributed by atoms with van der Waals surface area (Å²) >= 11 is 0. The van der Waals surface area contributed by atoms with Crippen molar-refractivity contribution >= 4 is 22.2 Å². The van der Waals surface area contributed by atoms with Crippen LogP contribution < -0.4 is 4.74 Å². The van der Waals surface area contributed by atoms with Crippen molar-refractivity contribution in [2.24, 2.45) is 0 Å². The van der Waals surface area contributed by atoms with E-state index in [0.29, 0.717) is 11.4 Å². The fraction of sp³-hybridized carbons (Fsp3) is 0.111. The summed E-state index contributed by atoms with van der Waals surface area (Å²) in [6.45, 7) is 1.92. The molecule has 0 saturated carbocycles. The van der Waals surface area contributed by atoms with Gasteiger partial charge >= 0.3 is 0 Å². The average molecular weight is 289 g/mol. The average Bonchev–Trinajstić information content (AvgIpc) is 2.99. The molecule has 0 aliphatic carbocycles. The van der Waals surface area contributed by atoms with Gasteiger partial charge in [-0.25, -0.2) is 4.98 Å². The van der Waals surface area contributed by atoms with E-state index < -0.39 is 0 Å². The Bertz CT molecular complexity index is 850. The summed E-state index contributed by atoms with van der Waals surface area (Å²) in [5, 5.41) is 9.54. The van der Waals surface area contributed by atoms with E-state index in [4.69, 9.17) is 4.74 Å². The molecule has 0 bridgehead atoms. The van der Waals surface area contributed by atoms with Gasteiger partial charge in [-0.15, -0.1) is 0 Å². The number of ether oxygens (including phenoxy) is 1. The number of methoxy groups -OCH3 is 1. The third-order valence-electron chi connectivity index (χ3n) is 3.64. The maximum Gasteiger partial charge on any atom is 0.149 e. The van der Waals surface area contributed by atoms with Gasteiger partial charge in [0.05, 0.1) is 23.7 Å². The van der Waals surface area contributed by atoms with E-state index >= 15 is 0 Å². The Morgan fingerprint density at radius 2 is 1.86 bits per heavy atom. The number of H-pyrrole nitrogens is 1. The Morgan fingerprint density at radius 3 is 2.50 bits per heavy atom. The lowest BCUT2D eigenvalue weighted by molar-refractivity contribution is 0.415. The smallest absolute Gasteiger partial charge is 0.149 e. The SMILES string of the molecule is COc1ccc(/C(C)=C(\C#N)c2nc3ccccc3[nH]2)cc1. The molecule has 1 heterocycles. The van der Waals surface area contributed by atoms with Crippen molar-refractivity contribution in [2.45, 2.75) is 6.92 Å². The van der Waals surface area contributed by atoms with Crippen LogP contribution in [0.3, 0.4) is 0 Å². The molecular weight excluding hydrogens is 274 g/mol. The van der Waals surface area contributed by atoms with E-state index in [1.54, 1.807) is 7.11 Å². The molecule has 0 saturated heterocycles. The molecule has 0 spiro atoms. The van der Waals surface area contributed by atoms with Crippen LogP contribution in [-0.4, -0.2) is 17.1 Å². The van der Waals surface area contributed by atoms with Crippen molar-refractivity contribution in [3.63, 3.8) is 0 Å². The van der Waals surface area contributed by atoms with E-state index in [9.17, 15) is 5.26 Å². The number of rotatable bonds is 3. The van der Waals surface area contributed by atoms with Gasteiger partial charge in [-0.1, -0.05) is 24.3 Å². The number of imidazole rings is 1. The Balaban J connectivity index is 2.09. The molecule has 3 aromatic rings. The summed E-state index contributed by atoms with van der Waals surface area (Å²) in [4.78, 5) is 7.71. The molecule has 0 amide bonds. The number of nitrogens with one attached hydrogen (secondary N) is 1. The number of aromatic amines is 1. The third kappa shape index (κ3) is 2.45. The van der Waals surface area contributed by atoms with Gasteiger partial charge in [-0.2, -0.15) is 5.26 Å². The van der Waals surface area contributed by atoms with Crippen LogP contribution in [0.1, 0.15) is 18.3 Å². The Kier molecular flexibility index (Phi) is 3.63. The molecule has 1 N–H and O–H groups in total. The van der Waals surface area contributed by atoms with Crippen molar-refractivity contribution in [2.75, 3.05) is 7.11 Å². The zero-order valence-electron chi connectivity index (χ0n) is 12.4. The molecule has 22 heavy (non-hydrogen) atoms. The number of hydrogen-bond acceptors (Lipinski definition) is 3. The van der Waals surface area contributed by atoms with Gasteiger partial charge < -0.3 is 9.72 Å². The van der Waals surface area contributed by atoms with Crippen molar-refractivity contribution in [1.29, 1.82) is 5.26 Å². The molecule has 0 aliphatic rings. The standard InChI is InChI=1S/C18H15N3O/c1-12(13-7-9-14(22-2)10-8-13)15(11-19)18-20-16-5-3-4-6-17(16)21-18/h3-10H,1-2H3,(H,20,21)/b15-12+. The van der Waals surface area contributed by atoms with Gasteiger partial charge in [-0.3, -0.25) is 0 Å². The molecule has 0 fully saturated rings. The number of benzene rings is 2. The molecule has 0 unspecified atom stereocenters. The van der Waals surface area contributed by atoms with Crippen LogP contribution >= 0.6 is 0 Å². The third-order valence-corrected chi connectivity index (χ3v) is 3.64. The van der Waals surface area contributed by atoms with Crippen molar-refractivity contribution in [3.8, 4) is 11.8 Å². The zero-order chi connectivity index (χ0) is 15.5. The highest BCUT2D eigenvalue weighted by molar-refractivity contribution is 5.96. The minimum atomic E-state index is 0.543. The monoisotopic (exact) mass is 289 g/mol. The van der Waals surface area contributed by atoms with Gasteiger partial charge in [0, 0.05) is 0 Å². The molecule has 3 rings (SSSR count). The first kappa shape index (κ1) is 13.9. The predicted octanol–water partition coefficient (Wildman–Crippen LogP) is 4.03. The Labute approximate surface area is 128 Å². The van der Waals surface area contributed by atoms with Gasteiger partial charge in [0.1, 0.15) is 17.6 Å². The number of aromatic nitrogens is 2. The highest BCUT2D eigenvalue weighted by atomic mass is 16.5. The van der Waals surface area contributed by atoms with Gasteiger partial charge in [-0.05, 0) is 42.3 Å². The summed E-state index contributed by atoms with van der Waals surface area (Å²) in [7, 11) is 1.63. The highest BCUT2D eigenvalue weighted by Gasteiger charge is 2.12. The van der Waals surface area contributed by atoms with E-state index in [0.717, 1.165) is 27.9 Å². The van der Waals surface area contributed by atoms with E-state index in [1.165, 1.54) is 0 Å². The summed E-state index contributed by atoms with van der Waals surface area (Å²) in [6.07, 6.45) is 0. The molecule has 4 heteroatoms. The van der Waals surface area contributed by atoms with Crippen molar-refractivity contribution in [3.05, 3.63) is 59.9 Å². The maximum atomic E-state index is 9.54. The first-order valence-corrected chi connectivity index (χ1v) is 6.93. The van der Waals surface area contributed by atoms with Crippen LogP contribution in [0.4, 0.5) is 0 Å². The van der Waals surface area contributed by atoms with Crippen LogP contribution in [-0.2, 0) is 0 Å². The molecule has 1 aromatic heterocycles. The molecule has 2 aromatic carbocycles. The van der Waals surface area contributed by atoms with Crippen LogP contribution in [0, 0.1) is 11.3 Å². The molecule has 0 radical (unpaired) electrons. The largest absolute Gasteiger partial charge is 0.497 e. The highest BCUT2D eigenvalue weighted by Crippen LogP contribution is 2.26. The van der Waals surface area contributed by atoms with E-state index in [2.05, 4.69) is 16.0 Å². The molecule has 0 aliphatic heterocycles. The lowest BCUT2D eigenvalue weighted by Crippen LogP contribution is -1.91. The minimum Gasteiger partial charge on any atom is -0.497 e. The molecule has 108 valence electrons. The van der Waals surface area contributed by atoms with E-state index in [-0.39, 0.29) is 0 Å². The summed E-state index contributed by atoms with van der Waals surface area (Å²) in [5.74, 6) is 1.39. The Morgan fingerprint density at radius 1 is 1.14 bits per heavy atom. The number of hydrogen-bond donors (Lipinski definition) is 1. The molecule has 4 nitrogen and oxygen atoms in total. The zero-order valence-corrected chi connectivity index (χ0v) is 12.4.